The average molecular weight is 933 g/mol. The molecule has 3 N–H and O–H groups in total. The van der Waals surface area contributed by atoms with Crippen LogP contribution in [0, 0.1) is 22.5 Å². The minimum absolute atomic E-state index is 0.0168. The molecular formula is C49H56N8O9S. The van der Waals surface area contributed by atoms with Gasteiger partial charge in [-0.15, -0.1) is 0 Å². The van der Waals surface area contributed by atoms with Gasteiger partial charge in [0, 0.05) is 54.6 Å². The number of aryl methyl sites for hydroxylation is 1. The number of nitrogens with one attached hydrogen (secondary N) is 3. The Balaban J connectivity index is 0.886. The topological polar surface area (TPSA) is 194 Å². The quantitative estimate of drug-likeness (QED) is 0.0877. The van der Waals surface area contributed by atoms with Gasteiger partial charge < -0.3 is 39.0 Å². The predicted octanol–water partition coefficient (Wildman–Crippen LogP) is 7.38. The fourth-order valence-electron chi connectivity index (χ4n) is 11.4. The van der Waals surface area contributed by atoms with Crippen molar-refractivity contribution in [3.05, 3.63) is 99.7 Å². The van der Waals surface area contributed by atoms with E-state index in [1.165, 1.54) is 42.9 Å². The van der Waals surface area contributed by atoms with Gasteiger partial charge in [0.25, 0.3) is 21.6 Å². The Labute approximate surface area is 389 Å². The van der Waals surface area contributed by atoms with Crippen molar-refractivity contribution in [2.45, 2.75) is 101 Å². The third kappa shape index (κ3) is 8.00. The molecule has 1 amide bonds. The van der Waals surface area contributed by atoms with Crippen LogP contribution in [0.3, 0.4) is 0 Å². The Morgan fingerprint density at radius 1 is 1.03 bits per heavy atom. The molecule has 1 saturated carbocycles. The summed E-state index contributed by atoms with van der Waals surface area (Å²) < 4.78 is 54.6. The van der Waals surface area contributed by atoms with Crippen molar-refractivity contribution >= 4 is 55.4 Å². The molecule has 0 bridgehead atoms. The highest BCUT2D eigenvalue weighted by molar-refractivity contribution is 7.90. The number of hydrogen-bond donors (Lipinski definition) is 3. The SMILES string of the molecule is Cc1ccccc1[C@@H]1CCCN1C1CC2(CCN(c3ccc(C(=O)NS(=O)(=O)c4cc5c(c([N+](=O)[O-])c4)N[C@@H](COC(C)C)CO5)c(N4c5cc6cc[nH]c6nc5O[C@@H]5COC[C@H]54)c3)CC2)C1. The molecule has 67 heavy (non-hydrogen) atoms. The molecule has 5 aliphatic heterocycles. The van der Waals surface area contributed by atoms with Crippen molar-refractivity contribution in [1.82, 2.24) is 19.6 Å². The van der Waals surface area contributed by atoms with Crippen LogP contribution in [0.25, 0.3) is 11.0 Å². The zero-order valence-corrected chi connectivity index (χ0v) is 38.7. The van der Waals surface area contributed by atoms with Crippen molar-refractivity contribution in [3.8, 4) is 11.6 Å². The van der Waals surface area contributed by atoms with Crippen LogP contribution in [-0.4, -0.2) is 111 Å². The lowest BCUT2D eigenvalue weighted by Gasteiger charge is -2.56. The van der Waals surface area contributed by atoms with E-state index in [2.05, 4.69) is 56.0 Å². The summed E-state index contributed by atoms with van der Waals surface area (Å²) >= 11 is 0. The number of aromatic nitrogens is 2. The maximum absolute atomic E-state index is 14.6. The van der Waals surface area contributed by atoms with E-state index >= 15 is 0 Å². The van der Waals surface area contributed by atoms with Gasteiger partial charge in [-0.05, 0) is 113 Å². The molecule has 3 aromatic carbocycles. The Morgan fingerprint density at radius 3 is 2.64 bits per heavy atom. The number of fused-ring (bicyclic) bond motifs is 4. The van der Waals surface area contributed by atoms with Crippen LogP contribution in [0.2, 0.25) is 0 Å². The second kappa shape index (κ2) is 17.0. The number of pyridine rings is 1. The Hall–Kier alpha value is -5.95. The number of nitro groups is 1. The first-order chi connectivity index (χ1) is 32.3. The summed E-state index contributed by atoms with van der Waals surface area (Å²) in [6.07, 6.45) is 8.24. The van der Waals surface area contributed by atoms with Crippen molar-refractivity contribution < 1.29 is 37.1 Å². The zero-order chi connectivity index (χ0) is 46.2. The van der Waals surface area contributed by atoms with Gasteiger partial charge in [0.05, 0.1) is 59.1 Å². The minimum Gasteiger partial charge on any atom is -0.489 e. The lowest BCUT2D eigenvalue weighted by atomic mass is 9.59. The number of rotatable bonds is 11. The summed E-state index contributed by atoms with van der Waals surface area (Å²) in [7, 11) is -4.69. The number of piperidine rings is 1. The molecule has 0 unspecified atom stereocenters. The third-order valence-corrected chi connectivity index (χ3v) is 16.2. The summed E-state index contributed by atoms with van der Waals surface area (Å²) in [5.74, 6) is -0.562. The van der Waals surface area contributed by atoms with Gasteiger partial charge in [0.1, 0.15) is 24.0 Å². The van der Waals surface area contributed by atoms with Crippen molar-refractivity contribution in [2.24, 2.45) is 5.41 Å². The first-order valence-corrected chi connectivity index (χ1v) is 24.9. The van der Waals surface area contributed by atoms with Gasteiger partial charge in [-0.3, -0.25) is 19.8 Å². The number of hydrogen-bond acceptors (Lipinski definition) is 14. The van der Waals surface area contributed by atoms with Crippen LogP contribution in [0.4, 0.5) is 28.4 Å². The number of H-pyrrole nitrogens is 1. The zero-order valence-electron chi connectivity index (χ0n) is 37.9. The standard InChI is InChI=1S/C49H56N8O9S/c1-29(2)64-25-32-26-65-43-22-35(21-40(57(59)60)45(43)51-32)67(61,62)53-47(58)37-11-10-33(20-39(37)56-41-19-31-12-15-50-46(31)52-48(41)66-44-28-63-27-42(44)56)54-17-13-49(14-18-54)23-34(24-49)55-16-6-9-38(55)36-8-5-4-7-30(36)3/h4-5,7-8,10-12,15,19-22,29,32,34,38,42,44,51H,6,9,13-14,16-18,23-28H2,1-3H3,(H,50,52)(H,53,58)/t32-,38-,42+,44+/m0/s1. The van der Waals surface area contributed by atoms with Gasteiger partial charge in [0.2, 0.25) is 5.88 Å². The summed E-state index contributed by atoms with van der Waals surface area (Å²) in [5.41, 5.74) is 5.37. The number of benzene rings is 3. The summed E-state index contributed by atoms with van der Waals surface area (Å²) in [6, 6.07) is 20.6. The molecule has 0 radical (unpaired) electrons. The molecule has 17 nitrogen and oxygen atoms in total. The van der Waals surface area contributed by atoms with E-state index in [-0.39, 0.29) is 42.4 Å². The second-order valence-electron chi connectivity index (χ2n) is 19.4. The molecular weight excluding hydrogens is 877 g/mol. The van der Waals surface area contributed by atoms with E-state index in [1.807, 2.05) is 43.0 Å². The van der Waals surface area contributed by atoms with Crippen LogP contribution in [0.5, 0.6) is 11.6 Å². The van der Waals surface area contributed by atoms with Gasteiger partial charge in [-0.25, -0.2) is 13.1 Å². The summed E-state index contributed by atoms with van der Waals surface area (Å²) in [4.78, 5) is 40.9. The molecule has 1 aliphatic carbocycles. The van der Waals surface area contributed by atoms with Gasteiger partial charge >= 0.3 is 0 Å². The Kier molecular flexibility index (Phi) is 11.1. The van der Waals surface area contributed by atoms with E-state index in [0.717, 1.165) is 49.6 Å². The number of aromatic amines is 1. The molecule has 6 aliphatic rings. The largest absolute Gasteiger partial charge is 0.489 e. The number of anilines is 4. The number of likely N-dealkylation sites (tertiary alicyclic amines) is 1. The molecule has 352 valence electrons. The highest BCUT2D eigenvalue weighted by atomic mass is 32.2. The van der Waals surface area contributed by atoms with Crippen LogP contribution in [0.1, 0.15) is 79.9 Å². The fraction of sp³-hybridized carbons (Fsp3) is 0.469. The molecule has 7 heterocycles. The lowest BCUT2D eigenvalue weighted by Crippen LogP contribution is -2.55. The minimum atomic E-state index is -4.69. The number of sulfonamides is 1. The highest BCUT2D eigenvalue weighted by Gasteiger charge is 2.50. The van der Waals surface area contributed by atoms with Crippen LogP contribution >= 0.6 is 0 Å². The van der Waals surface area contributed by atoms with E-state index in [0.29, 0.717) is 53.6 Å². The molecule has 3 saturated heterocycles. The molecule has 4 fully saturated rings. The predicted molar refractivity (Wildman–Crippen MR) is 252 cm³/mol. The first kappa shape index (κ1) is 43.6. The molecule has 2 aromatic heterocycles. The van der Waals surface area contributed by atoms with Gasteiger partial charge in [-0.2, -0.15) is 4.98 Å². The smallest absolute Gasteiger partial charge is 0.297 e. The van der Waals surface area contributed by atoms with Crippen molar-refractivity contribution in [2.75, 3.05) is 61.2 Å². The van der Waals surface area contributed by atoms with Crippen molar-refractivity contribution in [3.63, 3.8) is 0 Å². The van der Waals surface area contributed by atoms with E-state index in [9.17, 15) is 23.3 Å². The average Bonchev–Trinajstić information content (AvgIpc) is 4.10. The monoisotopic (exact) mass is 932 g/mol. The van der Waals surface area contributed by atoms with Crippen molar-refractivity contribution in [1.29, 1.82) is 0 Å². The van der Waals surface area contributed by atoms with Gasteiger partial charge in [0.15, 0.2) is 11.4 Å². The van der Waals surface area contributed by atoms with Crippen LogP contribution < -0.4 is 29.3 Å². The molecule has 18 heteroatoms. The Bertz CT molecular complexity index is 2860. The molecule has 11 rings (SSSR count). The van der Waals surface area contributed by atoms with E-state index in [4.69, 9.17) is 23.9 Å². The van der Waals surface area contributed by atoms with Crippen LogP contribution in [-0.2, 0) is 19.5 Å². The fourth-order valence-corrected chi connectivity index (χ4v) is 12.4. The first-order valence-electron chi connectivity index (χ1n) is 23.5. The summed E-state index contributed by atoms with van der Waals surface area (Å²) in [6.45, 7) is 9.73. The van der Waals surface area contributed by atoms with E-state index < -0.39 is 43.6 Å². The maximum Gasteiger partial charge on any atom is 0.297 e. The molecule has 4 atom stereocenters. The van der Waals surface area contributed by atoms with Gasteiger partial charge in [-0.1, -0.05) is 24.3 Å². The maximum atomic E-state index is 14.6. The van der Waals surface area contributed by atoms with E-state index in [1.54, 1.807) is 12.3 Å². The number of nitro benzene ring substituents is 1. The molecule has 5 aromatic rings. The number of carbonyl (C=O) groups is 1. The highest BCUT2D eigenvalue weighted by Crippen LogP contribution is 2.54. The van der Waals surface area contributed by atoms with Crippen LogP contribution in [0.15, 0.2) is 77.8 Å². The summed E-state index contributed by atoms with van der Waals surface area (Å²) in [5, 5.41) is 16.3. The number of ether oxygens (including phenoxy) is 4. The Morgan fingerprint density at radius 2 is 1.85 bits per heavy atom. The third-order valence-electron chi connectivity index (χ3n) is 14.9. The number of amides is 1. The normalized spacial score (nSPS) is 23.5. The number of carbonyl (C=O) groups excluding carboxylic acids is 1. The molecule has 1 spiro atoms. The lowest BCUT2D eigenvalue weighted by molar-refractivity contribution is -0.384. The second-order valence-corrected chi connectivity index (χ2v) is 21.1. The number of nitrogens with zero attached hydrogens (tertiary/aromatic N) is 5.